The maximum absolute atomic E-state index is 12.0. The fourth-order valence-corrected chi connectivity index (χ4v) is 1.97. The van der Waals surface area contributed by atoms with Gasteiger partial charge in [0.15, 0.2) is 0 Å². The highest BCUT2D eigenvalue weighted by Crippen LogP contribution is 2.10. The van der Waals surface area contributed by atoms with Gasteiger partial charge in [-0.15, -0.1) is 0 Å². The summed E-state index contributed by atoms with van der Waals surface area (Å²) in [6.07, 6.45) is 3.61. The molecule has 0 aliphatic heterocycles. The number of carbonyl (C=O) groups is 1. The number of halogens is 1. The first-order valence-corrected chi connectivity index (χ1v) is 6.34. The van der Waals surface area contributed by atoms with Crippen LogP contribution in [0.3, 0.4) is 0 Å². The van der Waals surface area contributed by atoms with Crippen LogP contribution in [0.25, 0.3) is 0 Å². The van der Waals surface area contributed by atoms with Gasteiger partial charge in [-0.3, -0.25) is 9.48 Å². The van der Waals surface area contributed by atoms with Crippen molar-refractivity contribution in [3.63, 3.8) is 0 Å². The fourth-order valence-electron chi connectivity index (χ4n) is 1.64. The number of rotatable bonds is 5. The zero-order valence-electron chi connectivity index (χ0n) is 9.98. The van der Waals surface area contributed by atoms with E-state index in [0.717, 1.165) is 17.6 Å². The van der Waals surface area contributed by atoms with E-state index in [2.05, 4.69) is 21.0 Å². The van der Waals surface area contributed by atoms with Crippen molar-refractivity contribution in [2.45, 2.75) is 27.3 Å². The molecule has 4 nitrogen and oxygen atoms in total. The minimum atomic E-state index is -0.0355. The summed E-state index contributed by atoms with van der Waals surface area (Å²) < 4.78 is 2.73. The van der Waals surface area contributed by atoms with E-state index < -0.39 is 0 Å². The Bertz CT molecular complexity index is 347. The van der Waals surface area contributed by atoms with Gasteiger partial charge in [-0.05, 0) is 29.8 Å². The van der Waals surface area contributed by atoms with Crippen LogP contribution in [-0.4, -0.2) is 33.7 Å². The average molecular weight is 288 g/mol. The second kappa shape index (κ2) is 6.03. The summed E-state index contributed by atoms with van der Waals surface area (Å²) in [5, 5.41) is 4.15. The first-order chi connectivity index (χ1) is 7.58. The molecule has 0 radical (unpaired) electrons. The van der Waals surface area contributed by atoms with Gasteiger partial charge < -0.3 is 4.90 Å². The Hall–Kier alpha value is -0.840. The smallest absolute Gasteiger partial charge is 0.227 e. The van der Waals surface area contributed by atoms with Crippen LogP contribution in [0.5, 0.6) is 0 Å². The summed E-state index contributed by atoms with van der Waals surface area (Å²) in [7, 11) is 0. The standard InChI is InChI=1S/C11H18BrN3O/c1-4-14(5-2)11(16)9(3)7-15-8-10(12)6-13-15/h6,8-9H,4-5,7H2,1-3H3. The molecule has 0 spiro atoms. The fraction of sp³-hybridized carbons (Fsp3) is 0.636. The van der Waals surface area contributed by atoms with Gasteiger partial charge in [0.2, 0.25) is 5.91 Å². The van der Waals surface area contributed by atoms with Crippen molar-refractivity contribution in [1.82, 2.24) is 14.7 Å². The third-order valence-electron chi connectivity index (χ3n) is 2.56. The van der Waals surface area contributed by atoms with Crippen LogP contribution in [0.15, 0.2) is 16.9 Å². The summed E-state index contributed by atoms with van der Waals surface area (Å²) >= 11 is 3.34. The Morgan fingerprint density at radius 3 is 2.62 bits per heavy atom. The molecule has 0 aliphatic rings. The van der Waals surface area contributed by atoms with E-state index in [0.29, 0.717) is 6.54 Å². The summed E-state index contributed by atoms with van der Waals surface area (Å²) in [5.74, 6) is 0.156. The quantitative estimate of drug-likeness (QED) is 0.832. The Balaban J connectivity index is 2.57. The highest BCUT2D eigenvalue weighted by molar-refractivity contribution is 9.10. The maximum atomic E-state index is 12.0. The first kappa shape index (κ1) is 13.2. The first-order valence-electron chi connectivity index (χ1n) is 5.55. The third-order valence-corrected chi connectivity index (χ3v) is 2.97. The Labute approximate surface area is 105 Å². The van der Waals surface area contributed by atoms with Gasteiger partial charge in [0, 0.05) is 19.3 Å². The lowest BCUT2D eigenvalue weighted by Gasteiger charge is -2.22. The number of nitrogens with zero attached hydrogens (tertiary/aromatic N) is 3. The van der Waals surface area contributed by atoms with Crippen molar-refractivity contribution in [1.29, 1.82) is 0 Å². The van der Waals surface area contributed by atoms with E-state index in [9.17, 15) is 4.79 Å². The zero-order chi connectivity index (χ0) is 12.1. The maximum Gasteiger partial charge on any atom is 0.227 e. The van der Waals surface area contributed by atoms with E-state index in [4.69, 9.17) is 0 Å². The van der Waals surface area contributed by atoms with Gasteiger partial charge in [-0.2, -0.15) is 5.10 Å². The minimum absolute atomic E-state index is 0.0355. The summed E-state index contributed by atoms with van der Waals surface area (Å²) in [5.41, 5.74) is 0. The average Bonchev–Trinajstić information content (AvgIpc) is 2.65. The third kappa shape index (κ3) is 3.33. The molecule has 1 aromatic heterocycles. The molecule has 1 amide bonds. The highest BCUT2D eigenvalue weighted by atomic mass is 79.9. The molecule has 16 heavy (non-hydrogen) atoms. The van der Waals surface area contributed by atoms with E-state index in [1.54, 1.807) is 10.9 Å². The Kier molecular flexibility index (Phi) is 4.99. The summed E-state index contributed by atoms with van der Waals surface area (Å²) in [6.45, 7) is 8.10. The van der Waals surface area contributed by atoms with Gasteiger partial charge >= 0.3 is 0 Å². The van der Waals surface area contributed by atoms with Crippen molar-refractivity contribution < 1.29 is 4.79 Å². The van der Waals surface area contributed by atoms with Crippen molar-refractivity contribution in [2.75, 3.05) is 13.1 Å². The summed E-state index contributed by atoms with van der Waals surface area (Å²) in [4.78, 5) is 13.8. The van der Waals surface area contributed by atoms with Crippen molar-refractivity contribution in [3.05, 3.63) is 16.9 Å². The lowest BCUT2D eigenvalue weighted by molar-refractivity contribution is -0.135. The number of hydrogen-bond donors (Lipinski definition) is 0. The second-order valence-electron chi connectivity index (χ2n) is 3.79. The van der Waals surface area contributed by atoms with E-state index in [1.807, 2.05) is 31.9 Å². The molecular weight excluding hydrogens is 270 g/mol. The molecule has 1 unspecified atom stereocenters. The van der Waals surface area contributed by atoms with E-state index in [1.165, 1.54) is 0 Å². The summed E-state index contributed by atoms with van der Waals surface area (Å²) in [6, 6.07) is 0. The molecule has 0 aromatic carbocycles. The van der Waals surface area contributed by atoms with Crippen LogP contribution in [0.1, 0.15) is 20.8 Å². The monoisotopic (exact) mass is 287 g/mol. The SMILES string of the molecule is CCN(CC)C(=O)C(C)Cn1cc(Br)cn1. The predicted octanol–water partition coefficient (Wildman–Crippen LogP) is 2.15. The molecule has 1 heterocycles. The lowest BCUT2D eigenvalue weighted by atomic mass is 10.1. The number of carbonyl (C=O) groups excluding carboxylic acids is 1. The van der Waals surface area contributed by atoms with Crippen LogP contribution < -0.4 is 0 Å². The van der Waals surface area contributed by atoms with Crippen LogP contribution >= 0.6 is 15.9 Å². The molecule has 90 valence electrons. The van der Waals surface area contributed by atoms with Crippen LogP contribution in [0.2, 0.25) is 0 Å². The van der Waals surface area contributed by atoms with Gasteiger partial charge in [0.05, 0.1) is 23.1 Å². The van der Waals surface area contributed by atoms with Gasteiger partial charge in [0.25, 0.3) is 0 Å². The van der Waals surface area contributed by atoms with Crippen molar-refractivity contribution in [3.8, 4) is 0 Å². The van der Waals surface area contributed by atoms with Gasteiger partial charge in [-0.25, -0.2) is 0 Å². The van der Waals surface area contributed by atoms with Crippen LogP contribution in [0, 0.1) is 5.92 Å². The Morgan fingerprint density at radius 1 is 1.56 bits per heavy atom. The lowest BCUT2D eigenvalue weighted by Crippen LogP contribution is -2.36. The molecule has 1 aromatic rings. The minimum Gasteiger partial charge on any atom is -0.343 e. The number of amides is 1. The molecule has 0 fully saturated rings. The molecule has 0 bridgehead atoms. The van der Waals surface area contributed by atoms with Gasteiger partial charge in [-0.1, -0.05) is 6.92 Å². The zero-order valence-corrected chi connectivity index (χ0v) is 11.6. The van der Waals surface area contributed by atoms with E-state index in [-0.39, 0.29) is 11.8 Å². The molecule has 1 atom stereocenters. The second-order valence-corrected chi connectivity index (χ2v) is 4.71. The number of hydrogen-bond acceptors (Lipinski definition) is 2. The van der Waals surface area contributed by atoms with E-state index >= 15 is 0 Å². The molecule has 0 aliphatic carbocycles. The molecule has 0 saturated carbocycles. The molecule has 0 saturated heterocycles. The van der Waals surface area contributed by atoms with Crippen LogP contribution in [0.4, 0.5) is 0 Å². The highest BCUT2D eigenvalue weighted by Gasteiger charge is 2.18. The topological polar surface area (TPSA) is 38.1 Å². The molecular formula is C11H18BrN3O. The molecule has 0 N–H and O–H groups in total. The molecule has 1 rings (SSSR count). The van der Waals surface area contributed by atoms with Gasteiger partial charge in [0.1, 0.15) is 0 Å². The van der Waals surface area contributed by atoms with Crippen molar-refractivity contribution in [2.24, 2.45) is 5.92 Å². The molecule has 5 heteroatoms. The Morgan fingerprint density at radius 2 is 2.19 bits per heavy atom. The normalized spacial score (nSPS) is 12.5. The predicted molar refractivity (Wildman–Crippen MR) is 67.0 cm³/mol. The van der Waals surface area contributed by atoms with Crippen LogP contribution in [-0.2, 0) is 11.3 Å². The van der Waals surface area contributed by atoms with Crippen molar-refractivity contribution >= 4 is 21.8 Å². The largest absolute Gasteiger partial charge is 0.343 e. The number of aromatic nitrogens is 2.